The van der Waals surface area contributed by atoms with Crippen molar-refractivity contribution in [1.29, 1.82) is 0 Å². The average Bonchev–Trinajstić information content (AvgIpc) is 2.40. The summed E-state index contributed by atoms with van der Waals surface area (Å²) in [6, 6.07) is 1.60. The fourth-order valence-corrected chi connectivity index (χ4v) is 3.82. The Labute approximate surface area is 124 Å². The number of likely N-dealkylation sites (tertiary alicyclic amines) is 1. The molecule has 1 aromatic heterocycles. The fraction of sp³-hybridized carbons (Fsp3) is 0.625. The van der Waals surface area contributed by atoms with Crippen LogP contribution in [0.2, 0.25) is 0 Å². The summed E-state index contributed by atoms with van der Waals surface area (Å²) in [5.74, 6) is 0.623. The van der Waals surface area contributed by atoms with Crippen LogP contribution in [0, 0.1) is 12.8 Å². The number of rotatable bonds is 1. The van der Waals surface area contributed by atoms with Gasteiger partial charge in [0.1, 0.15) is 5.69 Å². The van der Waals surface area contributed by atoms with Gasteiger partial charge in [-0.1, -0.05) is 12.8 Å². The van der Waals surface area contributed by atoms with Crippen molar-refractivity contribution in [2.75, 3.05) is 11.9 Å². The molecule has 1 aliphatic heterocycles. The zero-order valence-corrected chi connectivity index (χ0v) is 13.0. The van der Waals surface area contributed by atoms with E-state index < -0.39 is 0 Å². The molecule has 0 unspecified atom stereocenters. The Hall–Kier alpha value is -1.78. The first-order valence-electron chi connectivity index (χ1n) is 7.68. The molecule has 1 aliphatic carbocycles. The Morgan fingerprint density at radius 3 is 2.90 bits per heavy atom. The number of urea groups is 1. The summed E-state index contributed by atoms with van der Waals surface area (Å²) < 4.78 is 1.51. The minimum absolute atomic E-state index is 0.0165. The lowest BCUT2D eigenvalue weighted by Gasteiger charge is -2.59. The van der Waals surface area contributed by atoms with Gasteiger partial charge in [-0.3, -0.25) is 4.79 Å². The van der Waals surface area contributed by atoms with Crippen LogP contribution in [0.3, 0.4) is 0 Å². The molecule has 0 spiro atoms. The number of nitrogens with one attached hydrogen (secondary N) is 1. The molecule has 3 rings (SSSR count). The van der Waals surface area contributed by atoms with Crippen molar-refractivity contribution >= 4 is 11.7 Å². The van der Waals surface area contributed by atoms with Crippen LogP contribution >= 0.6 is 0 Å². The van der Waals surface area contributed by atoms with Gasteiger partial charge >= 0.3 is 6.03 Å². The Bertz CT molecular complexity index is 637. The van der Waals surface area contributed by atoms with E-state index >= 15 is 0 Å². The number of aryl methyl sites for hydroxylation is 2. The van der Waals surface area contributed by atoms with Crippen LogP contribution in [-0.2, 0) is 7.05 Å². The molecule has 2 aliphatic rings. The number of carbonyl (C=O) groups excluding carboxylic acids is 1. The molecular weight excluding hydrogens is 266 g/mol. The summed E-state index contributed by atoms with van der Waals surface area (Å²) in [7, 11) is 1.70. The van der Waals surface area contributed by atoms with E-state index in [9.17, 15) is 9.59 Å². The molecule has 114 valence electrons. The van der Waals surface area contributed by atoms with Crippen molar-refractivity contribution in [2.24, 2.45) is 13.0 Å². The maximum absolute atomic E-state index is 12.5. The highest BCUT2D eigenvalue weighted by Gasteiger charge is 2.52. The number of hydrogen-bond acceptors (Lipinski definition) is 2. The monoisotopic (exact) mass is 289 g/mol. The summed E-state index contributed by atoms with van der Waals surface area (Å²) >= 11 is 0. The molecule has 5 nitrogen and oxygen atoms in total. The number of anilines is 1. The molecule has 2 amide bonds. The SMILES string of the molecule is Cc1cc(NC(=O)N2C[C@@H]3CCCC[C@@]32C)c(=O)n(C)c1. The second-order valence-corrected chi connectivity index (χ2v) is 6.69. The summed E-state index contributed by atoms with van der Waals surface area (Å²) in [4.78, 5) is 26.5. The van der Waals surface area contributed by atoms with Crippen molar-refractivity contribution in [1.82, 2.24) is 9.47 Å². The van der Waals surface area contributed by atoms with Gasteiger partial charge < -0.3 is 14.8 Å². The number of carbonyl (C=O) groups is 1. The lowest BCUT2D eigenvalue weighted by molar-refractivity contribution is -0.0560. The highest BCUT2D eigenvalue weighted by molar-refractivity contribution is 5.90. The summed E-state index contributed by atoms with van der Waals surface area (Å²) in [6.45, 7) is 4.90. The van der Waals surface area contributed by atoms with Crippen LogP contribution in [0.15, 0.2) is 17.1 Å². The minimum atomic E-state index is -0.167. The number of aromatic nitrogens is 1. The molecule has 2 fully saturated rings. The van der Waals surface area contributed by atoms with Crippen LogP contribution < -0.4 is 10.9 Å². The Balaban J connectivity index is 1.77. The number of nitrogens with zero attached hydrogens (tertiary/aromatic N) is 2. The standard InChI is InChI=1S/C16H23N3O2/c1-11-8-13(14(20)18(3)9-11)17-15(21)19-10-12-6-4-5-7-16(12,19)2/h8-9,12H,4-7,10H2,1-3H3,(H,17,21)/t12-,16-/m0/s1. The molecule has 0 radical (unpaired) electrons. The summed E-state index contributed by atoms with van der Waals surface area (Å²) in [6.07, 6.45) is 6.50. The van der Waals surface area contributed by atoms with Crippen LogP contribution in [-0.4, -0.2) is 27.6 Å². The van der Waals surface area contributed by atoms with Crippen LogP contribution in [0.1, 0.15) is 38.2 Å². The van der Waals surface area contributed by atoms with Gasteiger partial charge in [-0.25, -0.2) is 4.79 Å². The highest BCUT2D eigenvalue weighted by Crippen LogP contribution is 2.46. The molecular formula is C16H23N3O2. The zero-order valence-electron chi connectivity index (χ0n) is 13.0. The van der Waals surface area contributed by atoms with E-state index in [1.807, 2.05) is 11.8 Å². The first-order valence-corrected chi connectivity index (χ1v) is 7.68. The fourth-order valence-electron chi connectivity index (χ4n) is 3.82. The smallest absolute Gasteiger partial charge is 0.318 e. The van der Waals surface area contributed by atoms with E-state index in [0.29, 0.717) is 11.6 Å². The first-order chi connectivity index (χ1) is 9.91. The van der Waals surface area contributed by atoms with Crippen LogP contribution in [0.25, 0.3) is 0 Å². The number of hydrogen-bond donors (Lipinski definition) is 1. The topological polar surface area (TPSA) is 54.3 Å². The zero-order chi connectivity index (χ0) is 15.2. The number of amides is 2. The van der Waals surface area contributed by atoms with Crippen molar-refractivity contribution < 1.29 is 4.79 Å². The third kappa shape index (κ3) is 2.24. The quantitative estimate of drug-likeness (QED) is 0.863. The van der Waals surface area contributed by atoms with E-state index in [1.54, 1.807) is 19.3 Å². The molecule has 21 heavy (non-hydrogen) atoms. The Morgan fingerprint density at radius 2 is 2.19 bits per heavy atom. The average molecular weight is 289 g/mol. The normalized spacial score (nSPS) is 27.8. The maximum atomic E-state index is 12.5. The molecule has 5 heteroatoms. The van der Waals surface area contributed by atoms with Gasteiger partial charge in [-0.15, -0.1) is 0 Å². The molecule has 1 saturated heterocycles. The van der Waals surface area contributed by atoms with Crippen molar-refractivity contribution in [3.63, 3.8) is 0 Å². The van der Waals surface area contributed by atoms with Crippen molar-refractivity contribution in [2.45, 2.75) is 45.1 Å². The van der Waals surface area contributed by atoms with Gasteiger partial charge in [0.05, 0.1) is 0 Å². The van der Waals surface area contributed by atoms with E-state index in [4.69, 9.17) is 0 Å². The second-order valence-electron chi connectivity index (χ2n) is 6.69. The predicted octanol–water partition coefficient (Wildman–Crippen LogP) is 2.49. The van der Waals surface area contributed by atoms with E-state index in [-0.39, 0.29) is 17.1 Å². The van der Waals surface area contributed by atoms with E-state index in [2.05, 4.69) is 12.2 Å². The largest absolute Gasteiger partial charge is 0.322 e. The molecule has 0 aromatic carbocycles. The van der Waals surface area contributed by atoms with Gasteiger partial charge in [0, 0.05) is 25.3 Å². The molecule has 2 heterocycles. The molecule has 1 saturated carbocycles. The molecule has 2 atom stereocenters. The third-order valence-corrected chi connectivity index (χ3v) is 5.19. The minimum Gasteiger partial charge on any atom is -0.318 e. The molecule has 0 bridgehead atoms. The summed E-state index contributed by atoms with van der Waals surface area (Å²) in [5.41, 5.74) is 1.14. The number of pyridine rings is 1. The third-order valence-electron chi connectivity index (χ3n) is 5.19. The van der Waals surface area contributed by atoms with Crippen molar-refractivity contribution in [3.8, 4) is 0 Å². The lowest BCUT2D eigenvalue weighted by atomic mass is 9.66. The van der Waals surface area contributed by atoms with Gasteiger partial charge in [0.2, 0.25) is 0 Å². The van der Waals surface area contributed by atoms with Gasteiger partial charge in [-0.2, -0.15) is 0 Å². The predicted molar refractivity (Wildman–Crippen MR) is 82.5 cm³/mol. The molecule has 1 aromatic rings. The van der Waals surface area contributed by atoms with Gasteiger partial charge in [-0.05, 0) is 44.2 Å². The van der Waals surface area contributed by atoms with Crippen molar-refractivity contribution in [3.05, 3.63) is 28.2 Å². The van der Waals surface area contributed by atoms with Crippen LogP contribution in [0.4, 0.5) is 10.5 Å². The Morgan fingerprint density at radius 1 is 1.43 bits per heavy atom. The van der Waals surface area contributed by atoms with E-state index in [1.165, 1.54) is 23.8 Å². The van der Waals surface area contributed by atoms with Crippen LogP contribution in [0.5, 0.6) is 0 Å². The first kappa shape index (κ1) is 14.2. The Kier molecular flexibility index (Phi) is 3.30. The number of fused-ring (bicyclic) bond motifs is 1. The second kappa shape index (κ2) is 4.90. The summed E-state index contributed by atoms with van der Waals surface area (Å²) in [5, 5.41) is 2.81. The molecule has 1 N–H and O–H groups in total. The van der Waals surface area contributed by atoms with E-state index in [0.717, 1.165) is 18.5 Å². The maximum Gasteiger partial charge on any atom is 0.322 e. The van der Waals surface area contributed by atoms with Gasteiger partial charge in [0.15, 0.2) is 0 Å². The lowest BCUT2D eigenvalue weighted by Crippen LogP contribution is -2.69. The highest BCUT2D eigenvalue weighted by atomic mass is 16.2. The van der Waals surface area contributed by atoms with Gasteiger partial charge in [0.25, 0.3) is 5.56 Å².